The number of anilines is 3. The maximum atomic E-state index is 5.24. The van der Waals surface area contributed by atoms with Gasteiger partial charge in [0.1, 0.15) is 0 Å². The largest absolute Gasteiger partial charge is 0.310 e. The summed E-state index contributed by atoms with van der Waals surface area (Å²) < 4.78 is 7.23. The third-order valence-electron chi connectivity index (χ3n) is 10.5. The van der Waals surface area contributed by atoms with Crippen LogP contribution in [0.15, 0.2) is 194 Å². The van der Waals surface area contributed by atoms with Crippen LogP contribution in [-0.2, 0) is 0 Å². The first kappa shape index (κ1) is 30.7. The smallest absolute Gasteiger partial charge is 0.220 e. The fraction of sp³-hybridized carbons (Fsp3) is 0. The monoisotopic (exact) mass is 708 g/mol. The molecule has 8 aromatic carbocycles. The number of imidazole rings is 2. The maximum Gasteiger partial charge on any atom is 0.220 e. The van der Waals surface area contributed by atoms with Crippen LogP contribution in [0.4, 0.5) is 17.1 Å². The van der Waals surface area contributed by atoms with Crippen LogP contribution in [0.1, 0.15) is 0 Å². The van der Waals surface area contributed by atoms with Gasteiger partial charge in [-0.25, -0.2) is 4.98 Å². The first-order valence-electron chi connectivity index (χ1n) is 18.2. The molecule has 0 N–H and O–H groups in total. The molecule has 0 aliphatic rings. The van der Waals surface area contributed by atoms with E-state index in [0.29, 0.717) is 0 Å². The Balaban J connectivity index is 1.12. The average Bonchev–Trinajstić information content (AvgIpc) is 3.90. The second-order valence-corrected chi connectivity index (χ2v) is 14.8. The Morgan fingerprint density at radius 2 is 0.981 bits per heavy atom. The van der Waals surface area contributed by atoms with Crippen molar-refractivity contribution >= 4 is 76.4 Å². The fourth-order valence-corrected chi connectivity index (χ4v) is 9.04. The fourth-order valence-electron chi connectivity index (χ4n) is 7.95. The molecule has 11 aromatic rings. The molecule has 0 aliphatic heterocycles. The van der Waals surface area contributed by atoms with Crippen LogP contribution in [-0.4, -0.2) is 14.0 Å². The third kappa shape index (κ3) is 4.94. The van der Waals surface area contributed by atoms with E-state index in [2.05, 4.69) is 208 Å². The summed E-state index contributed by atoms with van der Waals surface area (Å²) in [5, 5.41) is 2.56. The normalized spacial score (nSPS) is 11.7. The highest BCUT2D eigenvalue weighted by Gasteiger charge is 2.21. The Morgan fingerprint density at radius 1 is 0.407 bits per heavy atom. The van der Waals surface area contributed by atoms with E-state index in [1.165, 1.54) is 42.4 Å². The summed E-state index contributed by atoms with van der Waals surface area (Å²) in [6.45, 7) is 0. The van der Waals surface area contributed by atoms with Crippen molar-refractivity contribution in [3.63, 3.8) is 0 Å². The maximum absolute atomic E-state index is 5.24. The molecule has 4 nitrogen and oxygen atoms in total. The highest BCUT2D eigenvalue weighted by molar-refractivity contribution is 7.25. The standard InChI is InChI=1S/C49H32N4S/c1-3-11-33(12-4-1)35-19-23-37(24-20-35)51(38-25-21-36(22-26-38)34-13-5-2-6-14-34)40-27-29-45-46(32-40)53-44-17-9-8-16-43(44)50-49(53)52(45)39-28-30-48-42(31-39)41-15-7-10-18-47(41)54-48/h1-32H. The van der Waals surface area contributed by atoms with E-state index in [1.807, 2.05) is 11.3 Å². The highest BCUT2D eigenvalue weighted by atomic mass is 32.1. The lowest BCUT2D eigenvalue weighted by Crippen LogP contribution is -2.10. The Hall–Kier alpha value is -6.95. The number of aromatic nitrogens is 3. The van der Waals surface area contributed by atoms with Gasteiger partial charge in [-0.15, -0.1) is 11.3 Å². The van der Waals surface area contributed by atoms with Gasteiger partial charge in [0.15, 0.2) is 0 Å². The molecule has 0 unspecified atom stereocenters. The lowest BCUT2D eigenvalue weighted by Gasteiger charge is -2.26. The highest BCUT2D eigenvalue weighted by Crippen LogP contribution is 2.41. The summed E-state index contributed by atoms with van der Waals surface area (Å²) in [7, 11) is 0. The summed E-state index contributed by atoms with van der Waals surface area (Å²) >= 11 is 1.84. The van der Waals surface area contributed by atoms with Gasteiger partial charge in [-0.2, -0.15) is 0 Å². The molecule has 0 radical (unpaired) electrons. The van der Waals surface area contributed by atoms with Crippen LogP contribution < -0.4 is 4.90 Å². The second-order valence-electron chi connectivity index (χ2n) is 13.7. The zero-order chi connectivity index (χ0) is 35.6. The molecule has 0 saturated heterocycles. The molecule has 0 bridgehead atoms. The molecule has 0 aliphatic carbocycles. The number of para-hydroxylation sites is 2. The molecule has 0 atom stereocenters. The summed E-state index contributed by atoms with van der Waals surface area (Å²) in [5.41, 5.74) is 13.4. The van der Waals surface area contributed by atoms with Gasteiger partial charge in [0.05, 0.1) is 22.1 Å². The van der Waals surface area contributed by atoms with Crippen molar-refractivity contribution in [1.29, 1.82) is 0 Å². The van der Waals surface area contributed by atoms with E-state index in [1.54, 1.807) is 0 Å². The lowest BCUT2D eigenvalue weighted by molar-refractivity contribution is 1.11. The third-order valence-corrected chi connectivity index (χ3v) is 11.7. The van der Waals surface area contributed by atoms with Gasteiger partial charge in [-0.05, 0) is 101 Å². The molecule has 54 heavy (non-hydrogen) atoms. The van der Waals surface area contributed by atoms with Crippen molar-refractivity contribution in [3.8, 4) is 27.9 Å². The predicted molar refractivity (Wildman–Crippen MR) is 228 cm³/mol. The van der Waals surface area contributed by atoms with Crippen LogP contribution in [0, 0.1) is 0 Å². The van der Waals surface area contributed by atoms with Crippen molar-refractivity contribution in [3.05, 3.63) is 194 Å². The van der Waals surface area contributed by atoms with Gasteiger partial charge in [0, 0.05) is 42.9 Å². The van der Waals surface area contributed by atoms with Crippen LogP contribution in [0.5, 0.6) is 0 Å². The van der Waals surface area contributed by atoms with Gasteiger partial charge in [-0.1, -0.05) is 115 Å². The van der Waals surface area contributed by atoms with Crippen LogP contribution in [0.25, 0.3) is 76.0 Å². The zero-order valence-corrected chi connectivity index (χ0v) is 30.0. The molecular weight excluding hydrogens is 677 g/mol. The van der Waals surface area contributed by atoms with Gasteiger partial charge in [-0.3, -0.25) is 8.97 Å². The van der Waals surface area contributed by atoms with Crippen molar-refractivity contribution in [2.45, 2.75) is 0 Å². The minimum atomic E-state index is 0.896. The molecule has 0 saturated carbocycles. The number of fused-ring (bicyclic) bond motifs is 8. The topological polar surface area (TPSA) is 25.5 Å². The first-order chi connectivity index (χ1) is 26.8. The number of hydrogen-bond donors (Lipinski definition) is 0. The quantitative estimate of drug-likeness (QED) is 0.172. The summed E-state index contributed by atoms with van der Waals surface area (Å²) in [6.07, 6.45) is 0. The number of thiophene rings is 1. The van der Waals surface area contributed by atoms with Crippen LogP contribution >= 0.6 is 11.3 Å². The number of benzene rings is 8. The van der Waals surface area contributed by atoms with E-state index < -0.39 is 0 Å². The average molecular weight is 709 g/mol. The molecule has 11 rings (SSSR count). The molecule has 254 valence electrons. The molecule has 0 amide bonds. The molecular formula is C49H32N4S. The molecule has 3 aromatic heterocycles. The lowest BCUT2D eigenvalue weighted by atomic mass is 10.0. The van der Waals surface area contributed by atoms with Crippen molar-refractivity contribution in [2.24, 2.45) is 0 Å². The van der Waals surface area contributed by atoms with Crippen LogP contribution in [0.3, 0.4) is 0 Å². The van der Waals surface area contributed by atoms with Crippen molar-refractivity contribution < 1.29 is 0 Å². The summed E-state index contributed by atoms with van der Waals surface area (Å²) in [4.78, 5) is 7.60. The SMILES string of the molecule is c1ccc(-c2ccc(N(c3ccc(-c4ccccc4)cc3)c3ccc4c(c3)n3c5ccccc5nc3n4-c3ccc4sc5ccccc5c4c3)cc2)cc1. The van der Waals surface area contributed by atoms with E-state index in [9.17, 15) is 0 Å². The minimum Gasteiger partial charge on any atom is -0.310 e. The van der Waals surface area contributed by atoms with Crippen LogP contribution in [0.2, 0.25) is 0 Å². The van der Waals surface area contributed by atoms with Crippen molar-refractivity contribution in [1.82, 2.24) is 14.0 Å². The molecule has 0 fully saturated rings. The molecule has 0 spiro atoms. The van der Waals surface area contributed by atoms with Gasteiger partial charge in [0.25, 0.3) is 0 Å². The van der Waals surface area contributed by atoms with E-state index in [-0.39, 0.29) is 0 Å². The van der Waals surface area contributed by atoms with Gasteiger partial charge >= 0.3 is 0 Å². The number of nitrogens with zero attached hydrogens (tertiary/aromatic N) is 4. The van der Waals surface area contributed by atoms with E-state index in [4.69, 9.17) is 4.98 Å². The van der Waals surface area contributed by atoms with Gasteiger partial charge < -0.3 is 4.90 Å². The second kappa shape index (κ2) is 12.3. The first-order valence-corrected chi connectivity index (χ1v) is 19.0. The Bertz CT molecular complexity index is 3050. The van der Waals surface area contributed by atoms with E-state index in [0.717, 1.165) is 50.6 Å². The minimum absolute atomic E-state index is 0.896. The summed E-state index contributed by atoms with van der Waals surface area (Å²) in [6, 6.07) is 69.7. The molecule has 5 heteroatoms. The summed E-state index contributed by atoms with van der Waals surface area (Å²) in [5.74, 6) is 0.896. The Kier molecular flexibility index (Phi) is 7.00. The van der Waals surface area contributed by atoms with Crippen molar-refractivity contribution in [2.75, 3.05) is 4.90 Å². The Labute approximate surface area is 316 Å². The zero-order valence-electron chi connectivity index (χ0n) is 29.2. The predicted octanol–water partition coefficient (Wildman–Crippen LogP) is 13.6. The van der Waals surface area contributed by atoms with Gasteiger partial charge in [0.2, 0.25) is 5.78 Å². The molecule has 3 heterocycles. The number of hydrogen-bond acceptors (Lipinski definition) is 3. The van der Waals surface area contributed by atoms with E-state index >= 15 is 0 Å². The Morgan fingerprint density at radius 3 is 1.69 bits per heavy atom. The number of rotatable bonds is 6.